The number of thiocarbonyl (C=S) groups is 1. The molecule has 2 N–H and O–H groups in total. The van der Waals surface area contributed by atoms with Gasteiger partial charge in [0.2, 0.25) is 0 Å². The van der Waals surface area contributed by atoms with Crippen molar-refractivity contribution >= 4 is 29.0 Å². The summed E-state index contributed by atoms with van der Waals surface area (Å²) in [6.45, 7) is 0.152. The fourth-order valence-electron chi connectivity index (χ4n) is 0.142. The van der Waals surface area contributed by atoms with Gasteiger partial charge in [0.15, 0.2) is 0 Å². The molecule has 0 aliphatic rings. The molecule has 0 aromatic rings. The molecule has 1 unspecified atom stereocenters. The van der Waals surface area contributed by atoms with Crippen LogP contribution in [0.1, 0.15) is 0 Å². The summed E-state index contributed by atoms with van der Waals surface area (Å²) in [4.78, 5) is 0. The van der Waals surface area contributed by atoms with Crippen molar-refractivity contribution in [1.29, 1.82) is 0 Å². The van der Waals surface area contributed by atoms with Gasteiger partial charge in [0.05, 0.1) is 12.2 Å². The van der Waals surface area contributed by atoms with E-state index in [1.807, 2.05) is 0 Å². The molecule has 4 nitrogen and oxygen atoms in total. The molecule has 0 aliphatic carbocycles. The van der Waals surface area contributed by atoms with Crippen LogP contribution in [-0.4, -0.2) is 20.9 Å². The highest BCUT2D eigenvalue weighted by Gasteiger charge is 1.75. The summed E-state index contributed by atoms with van der Waals surface area (Å²) >= 11 is 2.13. The third-order valence-corrected chi connectivity index (χ3v) is 0.922. The van der Waals surface area contributed by atoms with E-state index in [9.17, 15) is 8.76 Å². The van der Waals surface area contributed by atoms with Crippen molar-refractivity contribution in [3.8, 4) is 0 Å². The van der Waals surface area contributed by atoms with Crippen molar-refractivity contribution in [2.75, 3.05) is 6.67 Å². The smallest absolute Gasteiger partial charge is 0.0761 e. The van der Waals surface area contributed by atoms with Crippen LogP contribution in [0, 0.1) is 0 Å². The van der Waals surface area contributed by atoms with Crippen LogP contribution in [-0.2, 0) is 11.3 Å². The predicted octanol–water partition coefficient (Wildman–Crippen LogP) is -1.13. The summed E-state index contributed by atoms with van der Waals surface area (Å²) in [5, 5.41) is 2.47. The Morgan fingerprint density at radius 1 is 1.88 bits per heavy atom. The maximum Gasteiger partial charge on any atom is 0.0761 e. The first kappa shape index (κ1) is 7.96. The van der Waals surface area contributed by atoms with Crippen LogP contribution in [0.2, 0.25) is 0 Å². The third-order valence-electron chi connectivity index (χ3n) is 0.375. The van der Waals surface area contributed by atoms with Crippen LogP contribution >= 0.6 is 12.2 Å². The average molecular weight is 153 g/mol. The molecule has 0 rings (SSSR count). The molecule has 48 valence electrons. The first-order valence-electron chi connectivity index (χ1n) is 1.77. The maximum atomic E-state index is 9.68. The quantitative estimate of drug-likeness (QED) is 0.232. The van der Waals surface area contributed by atoms with Crippen molar-refractivity contribution < 1.29 is 8.76 Å². The molecule has 0 amide bonds. The molecule has 0 radical (unpaired) electrons. The fraction of sp³-hybridized carbons (Fsp3) is 0.500. The zero-order valence-corrected chi connectivity index (χ0v) is 5.55. The van der Waals surface area contributed by atoms with E-state index in [-0.39, 0.29) is 6.67 Å². The third kappa shape index (κ3) is 5.96. The highest BCUT2D eigenvalue weighted by atomic mass is 32.2. The molecule has 0 saturated heterocycles. The molecular formula is C2H5N2O2S2-. The van der Waals surface area contributed by atoms with Crippen molar-refractivity contribution in [1.82, 2.24) is 10.0 Å². The van der Waals surface area contributed by atoms with Gasteiger partial charge in [-0.1, -0.05) is 12.2 Å². The highest BCUT2D eigenvalue weighted by molar-refractivity contribution is 7.78. The van der Waals surface area contributed by atoms with Crippen molar-refractivity contribution in [2.24, 2.45) is 0 Å². The van der Waals surface area contributed by atoms with E-state index in [1.54, 1.807) is 0 Å². The molecule has 0 bridgehead atoms. The Morgan fingerprint density at radius 3 is 2.88 bits per heavy atom. The Morgan fingerprint density at radius 2 is 2.50 bits per heavy atom. The number of hydrogen-bond acceptors (Lipinski definition) is 3. The summed E-state index contributed by atoms with van der Waals surface area (Å²) in [6.07, 6.45) is 0. The normalized spacial score (nSPS) is 12.6. The zero-order chi connectivity index (χ0) is 6.41. The summed E-state index contributed by atoms with van der Waals surface area (Å²) in [6, 6.07) is 0. The van der Waals surface area contributed by atoms with Crippen molar-refractivity contribution in [2.45, 2.75) is 0 Å². The summed E-state index contributed by atoms with van der Waals surface area (Å²) < 4.78 is 21.4. The zero-order valence-electron chi connectivity index (χ0n) is 3.92. The molecule has 0 fully saturated rings. The lowest BCUT2D eigenvalue weighted by Gasteiger charge is -2.04. The second kappa shape index (κ2) is 5.10. The van der Waals surface area contributed by atoms with Gasteiger partial charge < -0.3 is 9.87 Å². The van der Waals surface area contributed by atoms with E-state index in [0.29, 0.717) is 0 Å². The lowest BCUT2D eigenvalue weighted by Crippen LogP contribution is -2.28. The molecule has 8 heavy (non-hydrogen) atoms. The van der Waals surface area contributed by atoms with Crippen molar-refractivity contribution in [3.05, 3.63) is 0 Å². The summed E-state index contributed by atoms with van der Waals surface area (Å²) in [7, 11) is 0. The lowest BCUT2D eigenvalue weighted by molar-refractivity contribution is 0.522. The Kier molecular flexibility index (Phi) is 5.08. The molecule has 0 aromatic carbocycles. The predicted molar refractivity (Wildman–Crippen MR) is 33.7 cm³/mol. The lowest BCUT2D eigenvalue weighted by atomic mass is 11.1. The van der Waals surface area contributed by atoms with Gasteiger partial charge in [-0.15, -0.1) is 0 Å². The second-order valence-electron chi connectivity index (χ2n) is 0.878. The van der Waals surface area contributed by atoms with Gasteiger partial charge in [0.1, 0.15) is 0 Å². The van der Waals surface area contributed by atoms with E-state index < -0.39 is 11.3 Å². The van der Waals surface area contributed by atoms with Crippen LogP contribution in [0.4, 0.5) is 0 Å². The SMILES string of the molecule is O=S([O-])NCNC=S. The Labute approximate surface area is 55.1 Å². The molecule has 1 atom stereocenters. The highest BCUT2D eigenvalue weighted by Crippen LogP contribution is 1.55. The molecule has 0 heterocycles. The van der Waals surface area contributed by atoms with Gasteiger partial charge in [-0.25, -0.2) is 4.72 Å². The summed E-state index contributed by atoms with van der Waals surface area (Å²) in [5.41, 5.74) is 1.24. The Hall–Kier alpha value is -0.0400. The van der Waals surface area contributed by atoms with E-state index in [1.165, 1.54) is 5.49 Å². The van der Waals surface area contributed by atoms with E-state index in [2.05, 4.69) is 22.3 Å². The van der Waals surface area contributed by atoms with Gasteiger partial charge >= 0.3 is 0 Å². The number of hydrogen-bond donors (Lipinski definition) is 2. The van der Waals surface area contributed by atoms with Gasteiger partial charge in [-0.05, 0) is 0 Å². The fourth-order valence-corrected chi connectivity index (χ4v) is 0.427. The number of rotatable bonds is 4. The summed E-state index contributed by atoms with van der Waals surface area (Å²) in [5.74, 6) is 0. The first-order valence-corrected chi connectivity index (χ1v) is 3.32. The minimum atomic E-state index is -2.20. The molecule has 0 aromatic heterocycles. The van der Waals surface area contributed by atoms with Crippen molar-refractivity contribution in [3.63, 3.8) is 0 Å². The minimum Gasteiger partial charge on any atom is -0.760 e. The van der Waals surface area contributed by atoms with Crippen LogP contribution in [0.3, 0.4) is 0 Å². The van der Waals surface area contributed by atoms with Gasteiger partial charge in [0.25, 0.3) is 0 Å². The van der Waals surface area contributed by atoms with Gasteiger partial charge in [0, 0.05) is 11.3 Å². The topological polar surface area (TPSA) is 64.2 Å². The maximum absolute atomic E-state index is 9.68. The minimum absolute atomic E-state index is 0.152. The van der Waals surface area contributed by atoms with Crippen LogP contribution < -0.4 is 10.0 Å². The number of nitrogens with one attached hydrogen (secondary N) is 2. The average Bonchev–Trinajstić information content (AvgIpc) is 1.66. The molecule has 0 spiro atoms. The van der Waals surface area contributed by atoms with E-state index in [4.69, 9.17) is 0 Å². The van der Waals surface area contributed by atoms with Crippen LogP contribution in [0.25, 0.3) is 0 Å². The Balaban J connectivity index is 2.93. The monoisotopic (exact) mass is 153 g/mol. The van der Waals surface area contributed by atoms with E-state index in [0.717, 1.165) is 0 Å². The first-order chi connectivity index (χ1) is 3.77. The van der Waals surface area contributed by atoms with Gasteiger partial charge in [-0.3, -0.25) is 4.21 Å². The van der Waals surface area contributed by atoms with Crippen LogP contribution in [0.5, 0.6) is 0 Å². The Bertz CT molecular complexity index is 96.0. The second-order valence-corrected chi connectivity index (χ2v) is 1.87. The standard InChI is InChI=1S/C2H6N2O2S2/c5-8(6)4-1-3-2-7/h2,4H,1H2,(H,3,7)(H,5,6)/p-1. The molecular weight excluding hydrogens is 148 g/mol. The largest absolute Gasteiger partial charge is 0.760 e. The van der Waals surface area contributed by atoms with Crippen LogP contribution in [0.15, 0.2) is 0 Å². The molecule has 0 saturated carbocycles. The molecule has 0 aliphatic heterocycles. The molecule has 6 heteroatoms. The van der Waals surface area contributed by atoms with E-state index >= 15 is 0 Å². The van der Waals surface area contributed by atoms with Gasteiger partial charge in [-0.2, -0.15) is 0 Å².